The summed E-state index contributed by atoms with van der Waals surface area (Å²) in [6, 6.07) is 20.1. The molecule has 1 aliphatic carbocycles. The molecule has 1 saturated carbocycles. The minimum Gasteiger partial charge on any atom is -0.486 e. The fourth-order valence-electron chi connectivity index (χ4n) is 3.95. The van der Waals surface area contributed by atoms with Gasteiger partial charge in [0.2, 0.25) is 0 Å². The van der Waals surface area contributed by atoms with Gasteiger partial charge in [-0.2, -0.15) is 10.4 Å². The fourth-order valence-corrected chi connectivity index (χ4v) is 3.95. The van der Waals surface area contributed by atoms with E-state index < -0.39 is 0 Å². The van der Waals surface area contributed by atoms with Gasteiger partial charge in [-0.15, -0.1) is 0 Å². The highest BCUT2D eigenvalue weighted by atomic mass is 16.5. The van der Waals surface area contributed by atoms with E-state index in [0.29, 0.717) is 41.8 Å². The molecule has 1 fully saturated rings. The Labute approximate surface area is 202 Å². The number of aromatic nitrogens is 4. The molecule has 2 heterocycles. The maximum atomic E-state index is 12.5. The van der Waals surface area contributed by atoms with E-state index in [2.05, 4.69) is 21.1 Å². The average Bonchev–Trinajstić information content (AvgIpc) is 3.75. The van der Waals surface area contributed by atoms with Crippen LogP contribution in [0.4, 0.5) is 0 Å². The van der Waals surface area contributed by atoms with Crippen LogP contribution < -0.4 is 16.0 Å². The van der Waals surface area contributed by atoms with E-state index in [1.807, 2.05) is 30.3 Å². The second kappa shape index (κ2) is 9.87. The highest BCUT2D eigenvalue weighted by Crippen LogP contribution is 2.34. The van der Waals surface area contributed by atoms with Gasteiger partial charge in [0.1, 0.15) is 6.10 Å². The first-order chi connectivity index (χ1) is 17.1. The highest BCUT2D eigenvalue weighted by Gasteiger charge is 2.32. The lowest BCUT2D eigenvalue weighted by Crippen LogP contribution is -2.28. The van der Waals surface area contributed by atoms with Crippen LogP contribution in [-0.4, -0.2) is 32.4 Å². The van der Waals surface area contributed by atoms with E-state index in [4.69, 9.17) is 15.7 Å². The lowest BCUT2D eigenvalue weighted by molar-refractivity contribution is 0.185. The smallest absolute Gasteiger partial charge is 0.267 e. The molecule has 1 unspecified atom stereocenters. The number of nitriles is 1. The van der Waals surface area contributed by atoms with Crippen LogP contribution in [0, 0.1) is 17.2 Å². The van der Waals surface area contributed by atoms with Crippen LogP contribution in [0.3, 0.4) is 0 Å². The molecule has 0 spiro atoms. The molecule has 5 rings (SSSR count). The summed E-state index contributed by atoms with van der Waals surface area (Å²) in [4.78, 5) is 21.4. The number of nitrogens with zero attached hydrogens (tertiary/aromatic N) is 5. The summed E-state index contributed by atoms with van der Waals surface area (Å²) in [6.45, 7) is 0.770. The molecule has 35 heavy (non-hydrogen) atoms. The number of hydrogen-bond donors (Lipinski definition) is 1. The summed E-state index contributed by atoms with van der Waals surface area (Å²) >= 11 is 0. The van der Waals surface area contributed by atoms with Crippen molar-refractivity contribution in [2.75, 3.05) is 6.54 Å². The SMILES string of the molecule is N#Cc1cccc(-c2ccc(=O)n(Cc3cccc(-c4ncc(OC(CN)C5CC5)cn4)c3)n2)c1. The van der Waals surface area contributed by atoms with Crippen LogP contribution in [0.15, 0.2) is 77.9 Å². The molecule has 0 amide bonds. The maximum Gasteiger partial charge on any atom is 0.267 e. The van der Waals surface area contributed by atoms with Crippen molar-refractivity contribution in [2.45, 2.75) is 25.5 Å². The first-order valence-electron chi connectivity index (χ1n) is 11.5. The van der Waals surface area contributed by atoms with Crippen molar-refractivity contribution >= 4 is 0 Å². The normalized spacial score (nSPS) is 13.7. The third kappa shape index (κ3) is 5.26. The Morgan fingerprint density at radius 3 is 2.57 bits per heavy atom. The Kier molecular flexibility index (Phi) is 6.33. The van der Waals surface area contributed by atoms with Crippen molar-refractivity contribution in [3.63, 3.8) is 0 Å². The van der Waals surface area contributed by atoms with Crippen molar-refractivity contribution in [3.8, 4) is 34.5 Å². The van der Waals surface area contributed by atoms with Crippen LogP contribution in [0.1, 0.15) is 24.0 Å². The zero-order chi connectivity index (χ0) is 24.2. The van der Waals surface area contributed by atoms with E-state index in [1.54, 1.807) is 36.7 Å². The van der Waals surface area contributed by atoms with Crippen LogP contribution in [0.25, 0.3) is 22.6 Å². The molecular formula is C27H24N6O2. The summed E-state index contributed by atoms with van der Waals surface area (Å²) in [7, 11) is 0. The van der Waals surface area contributed by atoms with Gasteiger partial charge in [-0.3, -0.25) is 4.79 Å². The summed E-state index contributed by atoms with van der Waals surface area (Å²) in [6.07, 6.45) is 5.66. The highest BCUT2D eigenvalue weighted by molar-refractivity contribution is 5.60. The summed E-state index contributed by atoms with van der Waals surface area (Å²) in [5.41, 5.74) is 9.27. The van der Waals surface area contributed by atoms with Crippen molar-refractivity contribution < 1.29 is 4.74 Å². The van der Waals surface area contributed by atoms with Crippen LogP contribution in [0.5, 0.6) is 5.75 Å². The van der Waals surface area contributed by atoms with Gasteiger partial charge in [0.05, 0.1) is 36.3 Å². The molecule has 4 aromatic rings. The minimum atomic E-state index is -0.210. The molecule has 8 nitrogen and oxygen atoms in total. The van der Waals surface area contributed by atoms with E-state index in [1.165, 1.54) is 10.7 Å². The molecule has 0 saturated heterocycles. The van der Waals surface area contributed by atoms with Crippen molar-refractivity contribution in [1.82, 2.24) is 19.7 Å². The molecule has 0 aliphatic heterocycles. The molecule has 1 atom stereocenters. The molecule has 2 N–H and O–H groups in total. The maximum absolute atomic E-state index is 12.5. The summed E-state index contributed by atoms with van der Waals surface area (Å²) in [5, 5.41) is 13.7. The molecule has 174 valence electrons. The Morgan fingerprint density at radius 1 is 1.06 bits per heavy atom. The molecule has 2 aromatic heterocycles. The first kappa shape index (κ1) is 22.4. The number of ether oxygens (including phenoxy) is 1. The zero-order valence-corrected chi connectivity index (χ0v) is 19.0. The average molecular weight is 465 g/mol. The van der Waals surface area contributed by atoms with Crippen molar-refractivity contribution in [2.24, 2.45) is 11.7 Å². The van der Waals surface area contributed by atoms with Gasteiger partial charge >= 0.3 is 0 Å². The zero-order valence-electron chi connectivity index (χ0n) is 19.0. The van der Waals surface area contributed by atoms with E-state index in [9.17, 15) is 4.79 Å². The van der Waals surface area contributed by atoms with Crippen LogP contribution in [-0.2, 0) is 6.54 Å². The van der Waals surface area contributed by atoms with Gasteiger partial charge in [-0.05, 0) is 48.6 Å². The Balaban J connectivity index is 1.35. The molecule has 0 radical (unpaired) electrons. The topological polar surface area (TPSA) is 120 Å². The number of rotatable bonds is 8. The number of nitrogens with two attached hydrogens (primary N) is 1. The van der Waals surface area contributed by atoms with Gasteiger partial charge in [0.15, 0.2) is 11.6 Å². The summed E-state index contributed by atoms with van der Waals surface area (Å²) < 4.78 is 7.36. The number of benzene rings is 2. The molecule has 2 aromatic carbocycles. The quantitative estimate of drug-likeness (QED) is 0.424. The predicted octanol–water partition coefficient (Wildman–Crippen LogP) is 3.40. The fraction of sp³-hybridized carbons (Fsp3) is 0.222. The predicted molar refractivity (Wildman–Crippen MR) is 131 cm³/mol. The van der Waals surface area contributed by atoms with Crippen molar-refractivity contribution in [3.05, 3.63) is 94.5 Å². The third-order valence-corrected chi connectivity index (χ3v) is 5.97. The van der Waals surface area contributed by atoms with Crippen molar-refractivity contribution in [1.29, 1.82) is 5.26 Å². The van der Waals surface area contributed by atoms with E-state index in [-0.39, 0.29) is 11.7 Å². The van der Waals surface area contributed by atoms with Gasteiger partial charge in [-0.25, -0.2) is 14.6 Å². The standard InChI is InChI=1S/C27H24N6O2/c28-13-18-3-1-5-21(11-18)24-9-10-26(34)33(32-24)17-19-4-2-6-22(12-19)27-30-15-23(16-31-27)35-25(14-29)20-7-8-20/h1-6,9-12,15-16,20,25H,7-8,14,17,29H2. The van der Waals surface area contributed by atoms with E-state index in [0.717, 1.165) is 29.5 Å². The van der Waals surface area contributed by atoms with E-state index >= 15 is 0 Å². The summed E-state index contributed by atoms with van der Waals surface area (Å²) in [5.74, 6) is 1.71. The Bertz CT molecular complexity index is 1440. The Hall–Kier alpha value is -4.35. The first-order valence-corrected chi connectivity index (χ1v) is 11.5. The second-order valence-corrected chi connectivity index (χ2v) is 8.58. The lowest BCUT2D eigenvalue weighted by atomic mass is 10.1. The molecule has 0 bridgehead atoms. The third-order valence-electron chi connectivity index (χ3n) is 5.97. The van der Waals surface area contributed by atoms with Gasteiger partial charge in [-0.1, -0.05) is 30.3 Å². The monoisotopic (exact) mass is 464 g/mol. The van der Waals surface area contributed by atoms with Gasteiger partial charge in [0, 0.05) is 23.7 Å². The van der Waals surface area contributed by atoms with Gasteiger partial charge < -0.3 is 10.5 Å². The minimum absolute atomic E-state index is 0.0109. The van der Waals surface area contributed by atoms with Crippen LogP contribution >= 0.6 is 0 Å². The number of hydrogen-bond acceptors (Lipinski definition) is 7. The molecule has 1 aliphatic rings. The molecule has 8 heteroatoms. The van der Waals surface area contributed by atoms with Gasteiger partial charge in [0.25, 0.3) is 5.56 Å². The molecular weight excluding hydrogens is 440 g/mol. The lowest BCUT2D eigenvalue weighted by Gasteiger charge is -2.16. The second-order valence-electron chi connectivity index (χ2n) is 8.58. The van der Waals surface area contributed by atoms with Crippen LogP contribution in [0.2, 0.25) is 0 Å². The largest absolute Gasteiger partial charge is 0.486 e. The Morgan fingerprint density at radius 2 is 1.83 bits per heavy atom.